The van der Waals surface area contributed by atoms with Crippen molar-refractivity contribution in [3.63, 3.8) is 0 Å². The van der Waals surface area contributed by atoms with Crippen molar-refractivity contribution in [3.8, 4) is 5.75 Å². The lowest BCUT2D eigenvalue weighted by Crippen LogP contribution is -2.50. The number of aromatic nitrogens is 1. The fourth-order valence-corrected chi connectivity index (χ4v) is 5.64. The molecule has 33 heavy (non-hydrogen) atoms. The maximum absolute atomic E-state index is 13.6. The van der Waals surface area contributed by atoms with Gasteiger partial charge in [0, 0.05) is 68.0 Å². The normalized spacial score (nSPS) is 22.2. The Kier molecular flexibility index (Phi) is 6.37. The standard InChI is InChI=1S/C23H30N4O5S/c1-30-17-3-4-18-20(15-17)24-16-19(22(28)26-9-11-27(12-10-26)33(2)29)21(18)25-7-5-23(6-8-25)31-13-14-32-23/h3-4,15-16H,5-14H2,1-2H3. The third-order valence-corrected chi connectivity index (χ3v) is 7.92. The van der Waals surface area contributed by atoms with Crippen LogP contribution < -0.4 is 9.64 Å². The van der Waals surface area contributed by atoms with E-state index in [1.54, 1.807) is 19.6 Å². The summed E-state index contributed by atoms with van der Waals surface area (Å²) < 4.78 is 30.9. The van der Waals surface area contributed by atoms with Crippen LogP contribution in [0.25, 0.3) is 10.9 Å². The molecule has 10 heteroatoms. The van der Waals surface area contributed by atoms with Gasteiger partial charge in [0.15, 0.2) is 5.79 Å². The molecule has 3 fully saturated rings. The number of amides is 1. The minimum absolute atomic E-state index is 0.0367. The summed E-state index contributed by atoms with van der Waals surface area (Å²) in [6.07, 6.45) is 4.87. The van der Waals surface area contributed by atoms with Crippen LogP contribution in [0.3, 0.4) is 0 Å². The predicted molar refractivity (Wildman–Crippen MR) is 126 cm³/mol. The molecule has 0 radical (unpaired) electrons. The van der Waals surface area contributed by atoms with Gasteiger partial charge in [0.05, 0.1) is 50.2 Å². The molecule has 0 aliphatic carbocycles. The molecular formula is C23H30N4O5S. The lowest BCUT2D eigenvalue weighted by molar-refractivity contribution is -0.169. The first-order valence-corrected chi connectivity index (χ1v) is 12.9. The zero-order chi connectivity index (χ0) is 23.0. The molecule has 0 bridgehead atoms. The molecule has 1 aromatic heterocycles. The smallest absolute Gasteiger partial charge is 0.257 e. The topological polar surface area (TPSA) is 90.4 Å². The Hall–Kier alpha value is -2.11. The van der Waals surface area contributed by atoms with Crippen LogP contribution in [0.2, 0.25) is 0 Å². The zero-order valence-electron chi connectivity index (χ0n) is 19.1. The number of carbonyl (C=O) groups is 1. The van der Waals surface area contributed by atoms with Gasteiger partial charge in [0.1, 0.15) is 12.0 Å². The lowest BCUT2D eigenvalue weighted by Gasteiger charge is -2.40. The highest BCUT2D eigenvalue weighted by Gasteiger charge is 2.41. The van der Waals surface area contributed by atoms with E-state index < -0.39 is 17.1 Å². The highest BCUT2D eigenvalue weighted by Crippen LogP contribution is 2.38. The molecule has 1 amide bonds. The third kappa shape index (κ3) is 4.38. The van der Waals surface area contributed by atoms with Gasteiger partial charge in [-0.2, -0.15) is 0 Å². The molecule has 5 rings (SSSR count). The van der Waals surface area contributed by atoms with E-state index in [1.807, 2.05) is 27.4 Å². The Morgan fingerprint density at radius 2 is 1.82 bits per heavy atom. The molecule has 3 aliphatic rings. The van der Waals surface area contributed by atoms with Crippen molar-refractivity contribution >= 4 is 33.9 Å². The van der Waals surface area contributed by atoms with Gasteiger partial charge in [0.25, 0.3) is 5.91 Å². The molecule has 0 N–H and O–H groups in total. The lowest BCUT2D eigenvalue weighted by atomic mass is 9.99. The van der Waals surface area contributed by atoms with Crippen molar-refractivity contribution < 1.29 is 23.6 Å². The average Bonchev–Trinajstić information content (AvgIpc) is 3.31. The molecule has 9 nitrogen and oxygen atoms in total. The van der Waals surface area contributed by atoms with Gasteiger partial charge in [0.2, 0.25) is 0 Å². The molecule has 1 atom stereocenters. The van der Waals surface area contributed by atoms with Crippen molar-refractivity contribution in [1.29, 1.82) is 0 Å². The second kappa shape index (κ2) is 9.27. The van der Waals surface area contributed by atoms with Gasteiger partial charge in [-0.3, -0.25) is 9.78 Å². The van der Waals surface area contributed by atoms with E-state index in [0.29, 0.717) is 45.0 Å². The van der Waals surface area contributed by atoms with Crippen LogP contribution in [-0.4, -0.2) is 96.3 Å². The number of ether oxygens (including phenoxy) is 3. The number of fused-ring (bicyclic) bond motifs is 1. The van der Waals surface area contributed by atoms with Gasteiger partial charge >= 0.3 is 0 Å². The number of rotatable bonds is 4. The first-order chi connectivity index (χ1) is 16.0. The van der Waals surface area contributed by atoms with E-state index in [2.05, 4.69) is 9.88 Å². The largest absolute Gasteiger partial charge is 0.598 e. The first-order valence-electron chi connectivity index (χ1n) is 11.4. The zero-order valence-corrected chi connectivity index (χ0v) is 19.9. The third-order valence-electron chi connectivity index (χ3n) is 6.82. The number of hydrogen-bond acceptors (Lipinski definition) is 8. The average molecular weight is 475 g/mol. The highest BCUT2D eigenvalue weighted by molar-refractivity contribution is 7.88. The Morgan fingerprint density at radius 3 is 2.45 bits per heavy atom. The SMILES string of the molecule is COc1ccc2c(N3CCC4(CC3)OCCO4)c(C(=O)N3CCN([S+](C)[O-])CC3)cnc2c1. The Labute approximate surface area is 196 Å². The van der Waals surface area contributed by atoms with Crippen molar-refractivity contribution in [2.45, 2.75) is 18.6 Å². The van der Waals surface area contributed by atoms with Crippen molar-refractivity contribution in [1.82, 2.24) is 14.2 Å². The minimum atomic E-state index is -1.02. The second-order valence-electron chi connectivity index (χ2n) is 8.64. The molecule has 3 saturated heterocycles. The summed E-state index contributed by atoms with van der Waals surface area (Å²) in [4.78, 5) is 22.4. The fourth-order valence-electron chi connectivity index (χ4n) is 4.96. The van der Waals surface area contributed by atoms with Gasteiger partial charge < -0.3 is 28.6 Å². The van der Waals surface area contributed by atoms with Crippen molar-refractivity contribution in [3.05, 3.63) is 30.0 Å². The molecule has 1 spiro atoms. The highest BCUT2D eigenvalue weighted by atomic mass is 32.2. The summed E-state index contributed by atoms with van der Waals surface area (Å²) >= 11 is -1.02. The molecule has 178 valence electrons. The maximum Gasteiger partial charge on any atom is 0.257 e. The molecule has 3 aliphatic heterocycles. The van der Waals surface area contributed by atoms with Gasteiger partial charge in [-0.15, -0.1) is 4.31 Å². The molecule has 2 aromatic rings. The fraction of sp³-hybridized carbons (Fsp3) is 0.565. The quantitative estimate of drug-likeness (QED) is 0.618. The number of benzene rings is 1. The predicted octanol–water partition coefficient (Wildman–Crippen LogP) is 1.64. The minimum Gasteiger partial charge on any atom is -0.598 e. The summed E-state index contributed by atoms with van der Waals surface area (Å²) in [6, 6.07) is 5.79. The number of carbonyl (C=O) groups excluding carboxylic acids is 1. The number of methoxy groups -OCH3 is 1. The molecular weight excluding hydrogens is 444 g/mol. The summed E-state index contributed by atoms with van der Waals surface area (Å²) in [5.41, 5.74) is 2.30. The number of hydrogen-bond donors (Lipinski definition) is 0. The van der Waals surface area contributed by atoms with E-state index in [0.717, 1.165) is 48.3 Å². The molecule has 4 heterocycles. The Morgan fingerprint density at radius 1 is 1.12 bits per heavy atom. The molecule has 0 saturated carbocycles. The van der Waals surface area contributed by atoms with Crippen LogP contribution >= 0.6 is 0 Å². The molecule has 1 unspecified atom stereocenters. The number of piperidine rings is 1. The number of pyridine rings is 1. The Bertz CT molecular complexity index is 1010. The summed E-state index contributed by atoms with van der Waals surface area (Å²) in [5.74, 6) is 0.207. The van der Waals surface area contributed by atoms with Crippen LogP contribution in [0.1, 0.15) is 23.2 Å². The van der Waals surface area contributed by atoms with Crippen molar-refractivity contribution in [2.75, 3.05) is 70.7 Å². The maximum atomic E-state index is 13.6. The van der Waals surface area contributed by atoms with E-state index in [1.165, 1.54) is 0 Å². The van der Waals surface area contributed by atoms with E-state index in [4.69, 9.17) is 14.2 Å². The number of piperazine rings is 1. The van der Waals surface area contributed by atoms with Gasteiger partial charge in [-0.05, 0) is 12.1 Å². The van der Waals surface area contributed by atoms with Gasteiger partial charge in [-0.25, -0.2) is 0 Å². The van der Waals surface area contributed by atoms with Crippen LogP contribution in [0.5, 0.6) is 5.75 Å². The van der Waals surface area contributed by atoms with Crippen LogP contribution in [0, 0.1) is 0 Å². The van der Waals surface area contributed by atoms with E-state index in [-0.39, 0.29) is 5.91 Å². The van der Waals surface area contributed by atoms with Crippen LogP contribution in [0.15, 0.2) is 24.4 Å². The van der Waals surface area contributed by atoms with Crippen molar-refractivity contribution in [2.24, 2.45) is 0 Å². The summed E-state index contributed by atoms with van der Waals surface area (Å²) in [7, 11) is 1.63. The van der Waals surface area contributed by atoms with Gasteiger partial charge in [-0.1, -0.05) is 0 Å². The molecule has 1 aromatic carbocycles. The monoisotopic (exact) mass is 474 g/mol. The summed E-state index contributed by atoms with van der Waals surface area (Å²) in [5, 5.41) is 0.930. The number of anilines is 1. The second-order valence-corrected chi connectivity index (χ2v) is 10.0. The van der Waals surface area contributed by atoms with Crippen LogP contribution in [-0.2, 0) is 20.8 Å². The van der Waals surface area contributed by atoms with E-state index in [9.17, 15) is 9.35 Å². The van der Waals surface area contributed by atoms with Crippen LogP contribution in [0.4, 0.5) is 5.69 Å². The Balaban J connectivity index is 1.47. The summed E-state index contributed by atoms with van der Waals surface area (Å²) in [6.45, 7) is 5.02. The van der Waals surface area contributed by atoms with E-state index >= 15 is 0 Å². The number of nitrogens with zero attached hydrogens (tertiary/aromatic N) is 4. The first kappa shape index (κ1) is 22.7.